The van der Waals surface area contributed by atoms with Crippen molar-refractivity contribution in [1.29, 1.82) is 0 Å². The van der Waals surface area contributed by atoms with E-state index in [1.54, 1.807) is 4.90 Å². The van der Waals surface area contributed by atoms with Crippen molar-refractivity contribution < 1.29 is 15.2 Å². The maximum absolute atomic E-state index is 10.0. The molecule has 98 valence electrons. The van der Waals surface area contributed by atoms with E-state index in [0.717, 1.165) is 38.9 Å². The molecule has 17 heavy (non-hydrogen) atoms. The van der Waals surface area contributed by atoms with Crippen molar-refractivity contribution in [2.24, 2.45) is 0 Å². The zero-order valence-corrected chi connectivity index (χ0v) is 10.0. The Morgan fingerprint density at radius 1 is 1.41 bits per heavy atom. The molecule has 0 spiro atoms. The molecule has 2 heterocycles. The predicted molar refractivity (Wildman–Crippen MR) is 65.2 cm³/mol. The van der Waals surface area contributed by atoms with Crippen LogP contribution in [0.25, 0.3) is 0 Å². The van der Waals surface area contributed by atoms with Gasteiger partial charge in [-0.25, -0.2) is 0 Å². The molecule has 7 heteroatoms. The van der Waals surface area contributed by atoms with Crippen molar-refractivity contribution in [3.8, 4) is 0 Å². The van der Waals surface area contributed by atoms with Crippen LogP contribution in [0.2, 0.25) is 0 Å². The highest BCUT2D eigenvalue weighted by atomic mass is 16.4. The van der Waals surface area contributed by atoms with E-state index < -0.39 is 13.3 Å². The average molecular weight is 243 g/mol. The summed E-state index contributed by atoms with van der Waals surface area (Å²) in [5.41, 5.74) is 0. The van der Waals surface area contributed by atoms with E-state index in [9.17, 15) is 15.2 Å². The van der Waals surface area contributed by atoms with Crippen molar-refractivity contribution in [3.05, 3.63) is 0 Å². The number of aliphatic hydroxyl groups is 1. The molecular weight excluding hydrogens is 221 g/mol. The topological polar surface area (TPSA) is 88.0 Å². The first-order chi connectivity index (χ1) is 8.18. The van der Waals surface area contributed by atoms with Gasteiger partial charge in [0, 0.05) is 31.6 Å². The molecule has 0 radical (unpaired) electrons. The second-order valence-electron chi connectivity index (χ2n) is 4.94. The fourth-order valence-electron chi connectivity index (χ4n) is 2.72. The third-order valence-electron chi connectivity index (χ3n) is 3.72. The molecule has 0 amide bonds. The highest BCUT2D eigenvalue weighted by Gasteiger charge is 2.37. The Morgan fingerprint density at radius 2 is 2.24 bits per heavy atom. The van der Waals surface area contributed by atoms with Gasteiger partial charge in [0.05, 0.1) is 0 Å². The monoisotopic (exact) mass is 243 g/mol. The number of aliphatic hydroxyl groups excluding tert-OH is 1. The smallest absolute Gasteiger partial charge is 0.426 e. The number of likely N-dealkylation sites (tertiary alicyclic amines) is 1. The van der Waals surface area contributed by atoms with Gasteiger partial charge in [-0.3, -0.25) is 4.90 Å². The largest absolute Gasteiger partial charge is 0.469 e. The van der Waals surface area contributed by atoms with Crippen LogP contribution in [0.1, 0.15) is 19.3 Å². The Morgan fingerprint density at radius 3 is 2.88 bits per heavy atom. The minimum Gasteiger partial charge on any atom is -0.426 e. The molecule has 0 bridgehead atoms. The van der Waals surface area contributed by atoms with Gasteiger partial charge in [-0.1, -0.05) is 0 Å². The summed E-state index contributed by atoms with van der Waals surface area (Å²) in [5.74, 6) is -0.325. The van der Waals surface area contributed by atoms with Crippen LogP contribution in [-0.2, 0) is 0 Å². The minimum atomic E-state index is -1.36. The Balaban J connectivity index is 1.76. The van der Waals surface area contributed by atoms with Crippen LogP contribution in [-0.4, -0.2) is 71.6 Å². The third kappa shape index (κ3) is 3.40. The van der Waals surface area contributed by atoms with Gasteiger partial charge in [0.15, 0.2) is 0 Å². The molecule has 1 unspecified atom stereocenters. The summed E-state index contributed by atoms with van der Waals surface area (Å²) in [6, 6.07) is 0.421. The Hall–Kier alpha value is -0.175. The summed E-state index contributed by atoms with van der Waals surface area (Å²) in [7, 11) is -1.36. The molecule has 5 N–H and O–H groups in total. The van der Waals surface area contributed by atoms with Crippen LogP contribution < -0.4 is 10.6 Å². The SMILES string of the molecule is OB(O)[C@@H]1CCCN1C(O)CN[C@H]1CCNC1. The van der Waals surface area contributed by atoms with Crippen LogP contribution in [0.15, 0.2) is 0 Å². The van der Waals surface area contributed by atoms with Gasteiger partial charge in [-0.2, -0.15) is 0 Å². The molecule has 2 rings (SSSR count). The summed E-state index contributed by atoms with van der Waals surface area (Å²) >= 11 is 0. The zero-order chi connectivity index (χ0) is 12.3. The Kier molecular flexibility index (Phi) is 4.78. The van der Waals surface area contributed by atoms with Crippen LogP contribution in [0.5, 0.6) is 0 Å². The molecule has 3 atom stereocenters. The van der Waals surface area contributed by atoms with Crippen molar-refractivity contribution in [2.75, 3.05) is 26.2 Å². The maximum Gasteiger partial charge on any atom is 0.469 e. The molecule has 2 aliphatic rings. The summed E-state index contributed by atoms with van der Waals surface area (Å²) in [5, 5.41) is 35.1. The zero-order valence-electron chi connectivity index (χ0n) is 10.0. The summed E-state index contributed by atoms with van der Waals surface area (Å²) in [6.07, 6.45) is 2.09. The first kappa shape index (κ1) is 13.3. The summed E-state index contributed by atoms with van der Waals surface area (Å²) in [6.45, 7) is 3.18. The molecule has 2 fully saturated rings. The quantitative estimate of drug-likeness (QED) is 0.350. The summed E-state index contributed by atoms with van der Waals surface area (Å²) < 4.78 is 0. The highest BCUT2D eigenvalue weighted by Crippen LogP contribution is 2.19. The lowest BCUT2D eigenvalue weighted by molar-refractivity contribution is 0.00455. The van der Waals surface area contributed by atoms with E-state index in [2.05, 4.69) is 10.6 Å². The molecule has 6 nitrogen and oxygen atoms in total. The predicted octanol–water partition coefficient (Wildman–Crippen LogP) is -2.27. The van der Waals surface area contributed by atoms with Gasteiger partial charge in [-0.15, -0.1) is 0 Å². The molecule has 0 aromatic rings. The second-order valence-corrected chi connectivity index (χ2v) is 4.94. The van der Waals surface area contributed by atoms with E-state index >= 15 is 0 Å². The van der Waals surface area contributed by atoms with E-state index in [0.29, 0.717) is 12.6 Å². The Labute approximate surface area is 102 Å². The van der Waals surface area contributed by atoms with Crippen LogP contribution in [0, 0.1) is 0 Å². The number of hydrogen-bond donors (Lipinski definition) is 5. The van der Waals surface area contributed by atoms with Crippen molar-refractivity contribution >= 4 is 7.12 Å². The molecule has 2 saturated heterocycles. The van der Waals surface area contributed by atoms with Gasteiger partial charge in [0.1, 0.15) is 6.23 Å². The fraction of sp³-hybridized carbons (Fsp3) is 1.00. The molecule has 0 aromatic carbocycles. The van der Waals surface area contributed by atoms with Crippen molar-refractivity contribution in [2.45, 2.75) is 37.5 Å². The van der Waals surface area contributed by atoms with Gasteiger partial charge >= 0.3 is 7.12 Å². The van der Waals surface area contributed by atoms with Gasteiger partial charge in [0.2, 0.25) is 0 Å². The lowest BCUT2D eigenvalue weighted by Gasteiger charge is -2.29. The first-order valence-corrected chi connectivity index (χ1v) is 6.42. The second kappa shape index (κ2) is 6.13. The van der Waals surface area contributed by atoms with Crippen molar-refractivity contribution in [1.82, 2.24) is 15.5 Å². The molecule has 0 saturated carbocycles. The highest BCUT2D eigenvalue weighted by molar-refractivity contribution is 6.43. The third-order valence-corrected chi connectivity index (χ3v) is 3.72. The van der Waals surface area contributed by atoms with Crippen LogP contribution in [0.3, 0.4) is 0 Å². The number of nitrogens with zero attached hydrogens (tertiary/aromatic N) is 1. The van der Waals surface area contributed by atoms with Crippen molar-refractivity contribution in [3.63, 3.8) is 0 Å². The fourth-order valence-corrected chi connectivity index (χ4v) is 2.72. The average Bonchev–Trinajstić information content (AvgIpc) is 2.96. The molecule has 2 aliphatic heterocycles. The standard InChI is InChI=1S/C10H22BN3O3/c15-10(7-13-8-3-4-12-6-8)14-5-1-2-9(14)11(16)17/h8-10,12-13,15-17H,1-7H2/t8-,9-,10?/m0/s1. The number of rotatable bonds is 5. The number of hydrogen-bond acceptors (Lipinski definition) is 6. The molecule has 0 aliphatic carbocycles. The van der Waals surface area contributed by atoms with Crippen LogP contribution >= 0.6 is 0 Å². The maximum atomic E-state index is 10.0. The van der Waals surface area contributed by atoms with E-state index in [1.807, 2.05) is 0 Å². The Bertz CT molecular complexity index is 239. The van der Waals surface area contributed by atoms with Crippen LogP contribution in [0.4, 0.5) is 0 Å². The number of nitrogens with one attached hydrogen (secondary N) is 2. The normalized spacial score (nSPS) is 31.9. The lowest BCUT2D eigenvalue weighted by Crippen LogP contribution is -2.52. The molecular formula is C10H22BN3O3. The summed E-state index contributed by atoms with van der Waals surface area (Å²) in [4.78, 5) is 1.78. The van der Waals surface area contributed by atoms with Gasteiger partial charge in [-0.05, 0) is 25.8 Å². The molecule has 0 aromatic heterocycles. The first-order valence-electron chi connectivity index (χ1n) is 6.42. The minimum absolute atomic E-state index is 0.325. The van der Waals surface area contributed by atoms with Gasteiger partial charge < -0.3 is 25.8 Å². The van der Waals surface area contributed by atoms with E-state index in [-0.39, 0.29) is 5.94 Å². The van der Waals surface area contributed by atoms with Gasteiger partial charge in [0.25, 0.3) is 0 Å². The van der Waals surface area contributed by atoms with E-state index in [1.165, 1.54) is 0 Å². The van der Waals surface area contributed by atoms with E-state index in [4.69, 9.17) is 0 Å². The lowest BCUT2D eigenvalue weighted by atomic mass is 9.78.